The number of ether oxygens (including phenoxy) is 2. The lowest BCUT2D eigenvalue weighted by Crippen LogP contribution is -2.24. The van der Waals surface area contributed by atoms with Gasteiger partial charge in [-0.25, -0.2) is 9.13 Å². The summed E-state index contributed by atoms with van der Waals surface area (Å²) in [5, 5.41) is 0.349. The summed E-state index contributed by atoms with van der Waals surface area (Å²) in [5.41, 5.74) is 4.35. The molecule has 0 bridgehead atoms. The van der Waals surface area contributed by atoms with Gasteiger partial charge in [0.2, 0.25) is 0 Å². The summed E-state index contributed by atoms with van der Waals surface area (Å²) in [6, 6.07) is 30.2. The Kier molecular flexibility index (Phi) is 7.02. The Bertz CT molecular complexity index is 2190. The molecule has 0 unspecified atom stereocenters. The normalized spacial score (nSPS) is 11.3. The molecular formula is C36H28N4O4S. The van der Waals surface area contributed by atoms with Crippen molar-refractivity contribution < 1.29 is 9.47 Å². The zero-order chi connectivity index (χ0) is 31.2. The largest absolute Gasteiger partial charge is 0.425 e. The average Bonchev–Trinajstić information content (AvgIpc) is 3.38. The molecule has 0 radical (unpaired) electrons. The molecule has 0 atom stereocenters. The van der Waals surface area contributed by atoms with Crippen molar-refractivity contribution in [2.24, 2.45) is 0 Å². The van der Waals surface area contributed by atoms with Crippen molar-refractivity contribution in [2.45, 2.75) is 27.7 Å². The van der Waals surface area contributed by atoms with E-state index >= 15 is 0 Å². The third-order valence-corrected chi connectivity index (χ3v) is 8.44. The SMILES string of the molecule is Cc1ccc(Oc2nc3sc4nc(Oc5ccc(C)cc5)n(-c5cccc(C)c5)c(=O)c4c3c(=O)n2-c2cccc(C)c2)cc1. The van der Waals surface area contributed by atoms with Gasteiger partial charge in [-0.2, -0.15) is 9.97 Å². The number of aromatic nitrogens is 4. The predicted molar refractivity (Wildman–Crippen MR) is 178 cm³/mol. The van der Waals surface area contributed by atoms with Gasteiger partial charge < -0.3 is 9.47 Å². The van der Waals surface area contributed by atoms with Crippen LogP contribution in [0.1, 0.15) is 22.3 Å². The molecule has 9 heteroatoms. The van der Waals surface area contributed by atoms with Crippen LogP contribution in [0.5, 0.6) is 23.5 Å². The van der Waals surface area contributed by atoms with Crippen LogP contribution in [0.25, 0.3) is 31.8 Å². The molecule has 45 heavy (non-hydrogen) atoms. The molecular weight excluding hydrogens is 584 g/mol. The topological polar surface area (TPSA) is 88.2 Å². The van der Waals surface area contributed by atoms with Gasteiger partial charge in [-0.05, 0) is 87.4 Å². The van der Waals surface area contributed by atoms with Crippen LogP contribution in [0.3, 0.4) is 0 Å². The first-order valence-electron chi connectivity index (χ1n) is 14.4. The van der Waals surface area contributed by atoms with Gasteiger partial charge in [0.15, 0.2) is 0 Å². The van der Waals surface area contributed by atoms with Gasteiger partial charge in [0.05, 0.1) is 22.1 Å². The Labute approximate surface area is 262 Å². The van der Waals surface area contributed by atoms with Crippen molar-refractivity contribution in [1.82, 2.24) is 19.1 Å². The molecule has 0 aliphatic carbocycles. The van der Waals surface area contributed by atoms with E-state index in [0.717, 1.165) is 33.6 Å². The smallest absolute Gasteiger partial charge is 0.310 e. The molecule has 0 saturated heterocycles. The summed E-state index contributed by atoms with van der Waals surface area (Å²) in [4.78, 5) is 39.3. The van der Waals surface area contributed by atoms with Crippen LogP contribution in [0.15, 0.2) is 107 Å². The lowest BCUT2D eigenvalue weighted by Gasteiger charge is -2.14. The number of hydrogen-bond donors (Lipinski definition) is 0. The van der Waals surface area contributed by atoms with Crippen LogP contribution in [-0.4, -0.2) is 19.1 Å². The summed E-state index contributed by atoms with van der Waals surface area (Å²) in [6.07, 6.45) is 0. The highest BCUT2D eigenvalue weighted by Crippen LogP contribution is 2.34. The van der Waals surface area contributed by atoms with Crippen molar-refractivity contribution in [1.29, 1.82) is 0 Å². The van der Waals surface area contributed by atoms with Crippen molar-refractivity contribution in [3.05, 3.63) is 140 Å². The zero-order valence-electron chi connectivity index (χ0n) is 25.1. The molecule has 0 aliphatic rings. The van der Waals surface area contributed by atoms with E-state index in [-0.39, 0.29) is 22.8 Å². The second-order valence-corrected chi connectivity index (χ2v) is 12.0. The highest BCUT2D eigenvalue weighted by atomic mass is 32.1. The van der Waals surface area contributed by atoms with Gasteiger partial charge in [-0.3, -0.25) is 9.59 Å². The maximum Gasteiger partial charge on any atom is 0.310 e. The Morgan fingerprint density at radius 2 is 0.933 bits per heavy atom. The molecule has 3 heterocycles. The molecule has 0 fully saturated rings. The highest BCUT2D eigenvalue weighted by Gasteiger charge is 2.25. The van der Waals surface area contributed by atoms with E-state index in [4.69, 9.17) is 19.4 Å². The molecule has 0 N–H and O–H groups in total. The van der Waals surface area contributed by atoms with E-state index in [9.17, 15) is 9.59 Å². The fraction of sp³-hybridized carbons (Fsp3) is 0.111. The van der Waals surface area contributed by atoms with Crippen molar-refractivity contribution in [3.8, 4) is 34.9 Å². The molecule has 4 aromatic carbocycles. The summed E-state index contributed by atoms with van der Waals surface area (Å²) >= 11 is 1.15. The van der Waals surface area contributed by atoms with E-state index in [1.807, 2.05) is 125 Å². The molecule has 7 rings (SSSR count). The summed E-state index contributed by atoms with van der Waals surface area (Å²) < 4.78 is 15.3. The van der Waals surface area contributed by atoms with Crippen molar-refractivity contribution in [2.75, 3.05) is 0 Å². The standard InChI is InChI=1S/C36H28N4O4S/c1-21-11-15-27(16-12-21)43-35-37-31-29(33(41)39(35)25-9-5-7-23(3)19-25)30-32(45-31)38-36(44-28-17-13-22(2)14-18-28)40(34(30)42)26-10-6-8-24(4)20-26/h5-20H,1-4H3. The van der Waals surface area contributed by atoms with Gasteiger partial charge >= 0.3 is 12.0 Å². The van der Waals surface area contributed by atoms with Crippen LogP contribution < -0.4 is 20.6 Å². The monoisotopic (exact) mass is 612 g/mol. The molecule has 0 aliphatic heterocycles. The van der Waals surface area contributed by atoms with E-state index in [2.05, 4.69) is 0 Å². The fourth-order valence-electron chi connectivity index (χ4n) is 5.18. The van der Waals surface area contributed by atoms with Crippen LogP contribution >= 0.6 is 11.3 Å². The van der Waals surface area contributed by atoms with E-state index < -0.39 is 11.1 Å². The van der Waals surface area contributed by atoms with Crippen LogP contribution in [0, 0.1) is 27.7 Å². The first kappa shape index (κ1) is 28.2. The number of fused-ring (bicyclic) bond motifs is 3. The van der Waals surface area contributed by atoms with E-state index in [0.29, 0.717) is 32.5 Å². The first-order chi connectivity index (χ1) is 21.7. The third kappa shape index (κ3) is 5.27. The summed E-state index contributed by atoms with van der Waals surface area (Å²) in [5.74, 6) is 1.06. The Morgan fingerprint density at radius 3 is 1.31 bits per heavy atom. The van der Waals surface area contributed by atoms with Gasteiger partial charge in [-0.15, -0.1) is 0 Å². The fourth-order valence-corrected chi connectivity index (χ4v) is 6.20. The van der Waals surface area contributed by atoms with Gasteiger partial charge in [-0.1, -0.05) is 71.0 Å². The molecule has 3 aromatic heterocycles. The van der Waals surface area contributed by atoms with Gasteiger partial charge in [0.25, 0.3) is 11.1 Å². The minimum Gasteiger partial charge on any atom is -0.425 e. The number of benzene rings is 4. The Morgan fingerprint density at radius 1 is 0.533 bits per heavy atom. The van der Waals surface area contributed by atoms with E-state index in [1.54, 1.807) is 0 Å². The van der Waals surface area contributed by atoms with E-state index in [1.165, 1.54) is 9.13 Å². The molecule has 0 saturated carbocycles. The average molecular weight is 613 g/mol. The first-order valence-corrected chi connectivity index (χ1v) is 15.2. The number of hydrogen-bond acceptors (Lipinski definition) is 7. The molecule has 8 nitrogen and oxygen atoms in total. The minimum absolute atomic E-state index is 0.0867. The van der Waals surface area contributed by atoms with Crippen LogP contribution in [0.2, 0.25) is 0 Å². The minimum atomic E-state index is -0.430. The van der Waals surface area contributed by atoms with Crippen molar-refractivity contribution >= 4 is 31.8 Å². The van der Waals surface area contributed by atoms with Gasteiger partial charge in [0, 0.05) is 0 Å². The quantitative estimate of drug-likeness (QED) is 0.189. The number of rotatable bonds is 6. The maximum atomic E-state index is 14.5. The lowest BCUT2D eigenvalue weighted by atomic mass is 10.2. The molecule has 0 amide bonds. The molecule has 7 aromatic rings. The zero-order valence-corrected chi connectivity index (χ0v) is 25.9. The highest BCUT2D eigenvalue weighted by molar-refractivity contribution is 7.25. The number of nitrogens with zero attached hydrogens (tertiary/aromatic N) is 4. The maximum absolute atomic E-state index is 14.5. The van der Waals surface area contributed by atoms with Gasteiger partial charge in [0.1, 0.15) is 21.2 Å². The third-order valence-electron chi connectivity index (χ3n) is 7.46. The van der Waals surface area contributed by atoms with Crippen LogP contribution in [-0.2, 0) is 0 Å². The Balaban J connectivity index is 1.53. The lowest BCUT2D eigenvalue weighted by molar-refractivity contribution is 0.427. The summed E-state index contributed by atoms with van der Waals surface area (Å²) in [6.45, 7) is 7.87. The second kappa shape index (κ2) is 11.2. The number of thiophene rings is 1. The van der Waals surface area contributed by atoms with Crippen molar-refractivity contribution in [3.63, 3.8) is 0 Å². The predicted octanol–water partition coefficient (Wildman–Crippen LogP) is 7.96. The van der Waals surface area contributed by atoms with Crippen LogP contribution in [0.4, 0.5) is 0 Å². The summed E-state index contributed by atoms with van der Waals surface area (Å²) in [7, 11) is 0. The second-order valence-electron chi connectivity index (χ2n) is 11.0. The Hall–Kier alpha value is -5.54. The number of aryl methyl sites for hydroxylation is 4. The molecule has 222 valence electrons. The molecule has 0 spiro atoms.